The van der Waals surface area contributed by atoms with Gasteiger partial charge < -0.3 is 20.1 Å². The highest BCUT2D eigenvalue weighted by atomic mass is 16.5. The van der Waals surface area contributed by atoms with E-state index in [1.165, 1.54) is 0 Å². The molecule has 1 spiro atoms. The van der Waals surface area contributed by atoms with Crippen LogP contribution in [0.1, 0.15) is 52.4 Å². The van der Waals surface area contributed by atoms with Crippen molar-refractivity contribution in [2.75, 3.05) is 26.2 Å². The van der Waals surface area contributed by atoms with Gasteiger partial charge in [-0.25, -0.2) is 4.79 Å². The number of nitrogens with one attached hydrogen (secondary N) is 1. The van der Waals surface area contributed by atoms with Gasteiger partial charge in [0.25, 0.3) is 0 Å². The quantitative estimate of drug-likeness (QED) is 0.808. The Morgan fingerprint density at radius 1 is 1.32 bits per heavy atom. The molecule has 3 aliphatic heterocycles. The molecule has 0 aromatic heterocycles. The Morgan fingerprint density at radius 2 is 2.08 bits per heavy atom. The van der Waals surface area contributed by atoms with Crippen LogP contribution in [-0.4, -0.2) is 48.1 Å². The molecule has 6 nitrogen and oxygen atoms in total. The first kappa shape index (κ1) is 16.5. The number of nitrogens with zero attached hydrogens (tertiary/aromatic N) is 1. The number of rotatable bonds is 3. The van der Waals surface area contributed by atoms with Crippen LogP contribution in [0, 0.1) is 12.3 Å². The lowest BCUT2D eigenvalue weighted by atomic mass is 9.77. The molecule has 1 unspecified atom stereocenters. The second-order valence-corrected chi connectivity index (χ2v) is 7.65. The van der Waals surface area contributed by atoms with E-state index in [2.05, 4.69) is 10.2 Å². The molecule has 0 radical (unpaired) electrons. The van der Waals surface area contributed by atoms with E-state index in [0.717, 1.165) is 49.2 Å². The first-order valence-electron chi connectivity index (χ1n) is 8.94. The molecule has 2 fully saturated rings. The van der Waals surface area contributed by atoms with Crippen LogP contribution in [0.15, 0.2) is 12.1 Å². The zero-order chi connectivity index (χ0) is 17.6. The van der Waals surface area contributed by atoms with Crippen LogP contribution in [-0.2, 0) is 16.1 Å². The second kappa shape index (κ2) is 6.11. The first-order chi connectivity index (χ1) is 12.0. The Labute approximate surface area is 147 Å². The maximum absolute atomic E-state index is 11.6. The third-order valence-electron chi connectivity index (χ3n) is 6.11. The van der Waals surface area contributed by atoms with Crippen LogP contribution in [0.2, 0.25) is 0 Å². The van der Waals surface area contributed by atoms with E-state index in [4.69, 9.17) is 4.74 Å². The molecule has 0 bridgehead atoms. The molecule has 0 aliphatic carbocycles. The number of benzene rings is 1. The van der Waals surface area contributed by atoms with Crippen LogP contribution >= 0.6 is 0 Å². The van der Waals surface area contributed by atoms with E-state index in [-0.39, 0.29) is 17.3 Å². The minimum Gasteiger partial charge on any atom is -0.457 e. The summed E-state index contributed by atoms with van der Waals surface area (Å²) in [5.74, 6) is -0.112. The van der Waals surface area contributed by atoms with Crippen LogP contribution in [0.25, 0.3) is 0 Å². The number of β-amino-alcohol motifs (C(OH)–C–C–N with tert-alkyl or cyclic N) is 1. The molecule has 6 heteroatoms. The van der Waals surface area contributed by atoms with Crippen molar-refractivity contribution < 1.29 is 19.4 Å². The fraction of sp³-hybridized carbons (Fsp3) is 0.579. The van der Waals surface area contributed by atoms with Gasteiger partial charge in [-0.05, 0) is 55.5 Å². The number of piperidine rings is 1. The molecular formula is C19H24N2O4. The van der Waals surface area contributed by atoms with Gasteiger partial charge in [0.2, 0.25) is 5.91 Å². The Hall–Kier alpha value is -1.92. The number of amides is 1. The Bertz CT molecular complexity index is 722. The zero-order valence-electron chi connectivity index (χ0n) is 14.5. The predicted molar refractivity (Wildman–Crippen MR) is 91.0 cm³/mol. The minimum absolute atomic E-state index is 0.125. The highest BCUT2D eigenvalue weighted by Gasteiger charge is 2.41. The lowest BCUT2D eigenvalue weighted by Gasteiger charge is -2.39. The van der Waals surface area contributed by atoms with Gasteiger partial charge in [0.1, 0.15) is 6.61 Å². The topological polar surface area (TPSA) is 78.9 Å². The van der Waals surface area contributed by atoms with Crippen molar-refractivity contribution in [2.24, 2.45) is 5.41 Å². The van der Waals surface area contributed by atoms with E-state index in [1.54, 1.807) is 6.07 Å². The largest absolute Gasteiger partial charge is 0.457 e. The average Bonchev–Trinajstić information content (AvgIpc) is 3.14. The number of carbonyl (C=O) groups is 2. The van der Waals surface area contributed by atoms with Gasteiger partial charge in [0.15, 0.2) is 0 Å². The third kappa shape index (κ3) is 2.93. The number of hydrogen-bond donors (Lipinski definition) is 2. The molecule has 3 heterocycles. The summed E-state index contributed by atoms with van der Waals surface area (Å²) < 4.78 is 5.09. The molecular weight excluding hydrogens is 320 g/mol. The lowest BCUT2D eigenvalue weighted by molar-refractivity contribution is -0.119. The molecule has 1 atom stereocenters. The molecule has 1 aromatic carbocycles. The molecule has 4 rings (SSSR count). The molecule has 25 heavy (non-hydrogen) atoms. The maximum atomic E-state index is 11.6. The van der Waals surface area contributed by atoms with E-state index in [9.17, 15) is 14.7 Å². The molecule has 0 saturated carbocycles. The fourth-order valence-corrected chi connectivity index (χ4v) is 4.39. The highest BCUT2D eigenvalue weighted by Crippen LogP contribution is 2.38. The second-order valence-electron chi connectivity index (χ2n) is 7.65. The Balaban J connectivity index is 1.41. The third-order valence-corrected chi connectivity index (χ3v) is 6.11. The van der Waals surface area contributed by atoms with Crippen molar-refractivity contribution in [3.8, 4) is 0 Å². The SMILES string of the molecule is Cc1c(C(O)CN2CCC3(CC2)CNC(=O)C3)ccc2c1COC2=O. The maximum Gasteiger partial charge on any atom is 0.338 e. The number of carbonyl (C=O) groups excluding carboxylic acids is 2. The van der Waals surface area contributed by atoms with E-state index in [0.29, 0.717) is 25.1 Å². The Kier molecular flexibility index (Phi) is 4.04. The van der Waals surface area contributed by atoms with E-state index >= 15 is 0 Å². The number of cyclic esters (lactones) is 1. The van der Waals surface area contributed by atoms with Crippen molar-refractivity contribution in [3.63, 3.8) is 0 Å². The van der Waals surface area contributed by atoms with Gasteiger partial charge >= 0.3 is 5.97 Å². The van der Waals surface area contributed by atoms with Crippen LogP contribution in [0.3, 0.4) is 0 Å². The van der Waals surface area contributed by atoms with Crippen molar-refractivity contribution in [3.05, 3.63) is 34.4 Å². The van der Waals surface area contributed by atoms with Gasteiger partial charge in [-0.2, -0.15) is 0 Å². The van der Waals surface area contributed by atoms with Crippen LogP contribution in [0.4, 0.5) is 0 Å². The van der Waals surface area contributed by atoms with Gasteiger partial charge in [0, 0.05) is 25.1 Å². The molecule has 1 amide bonds. The number of aliphatic hydroxyl groups is 1. The summed E-state index contributed by atoms with van der Waals surface area (Å²) in [4.78, 5) is 25.4. The summed E-state index contributed by atoms with van der Waals surface area (Å²) in [7, 11) is 0. The number of ether oxygens (including phenoxy) is 1. The van der Waals surface area contributed by atoms with Crippen molar-refractivity contribution >= 4 is 11.9 Å². The van der Waals surface area contributed by atoms with Crippen LogP contribution < -0.4 is 5.32 Å². The first-order valence-corrected chi connectivity index (χ1v) is 8.94. The predicted octanol–water partition coefficient (Wildman–Crippen LogP) is 1.30. The molecule has 3 aliphatic rings. The lowest BCUT2D eigenvalue weighted by Crippen LogP contribution is -2.42. The minimum atomic E-state index is -0.585. The smallest absolute Gasteiger partial charge is 0.338 e. The summed E-state index contributed by atoms with van der Waals surface area (Å²) in [6.07, 6.45) is 2.04. The summed E-state index contributed by atoms with van der Waals surface area (Å²) in [5, 5.41) is 13.7. The van der Waals surface area contributed by atoms with E-state index < -0.39 is 6.10 Å². The number of fused-ring (bicyclic) bond motifs is 1. The highest BCUT2D eigenvalue weighted by molar-refractivity contribution is 5.93. The average molecular weight is 344 g/mol. The number of likely N-dealkylation sites (tertiary alicyclic amines) is 1. The van der Waals surface area contributed by atoms with E-state index in [1.807, 2.05) is 13.0 Å². The summed E-state index contributed by atoms with van der Waals surface area (Å²) in [5.41, 5.74) is 3.46. The molecule has 2 saturated heterocycles. The summed E-state index contributed by atoms with van der Waals surface area (Å²) in [6, 6.07) is 3.60. The Morgan fingerprint density at radius 3 is 2.76 bits per heavy atom. The number of hydrogen-bond acceptors (Lipinski definition) is 5. The van der Waals surface area contributed by atoms with Crippen molar-refractivity contribution in [1.29, 1.82) is 0 Å². The molecule has 1 aromatic rings. The van der Waals surface area contributed by atoms with Gasteiger partial charge in [-0.1, -0.05) is 6.07 Å². The molecule has 134 valence electrons. The standard InChI is InChI=1S/C19H24N2O4/c1-12-13(2-3-14-15(12)10-25-18(14)24)16(22)9-21-6-4-19(5-7-21)8-17(23)20-11-19/h2-3,16,22H,4-11H2,1H3,(H,20,23). The summed E-state index contributed by atoms with van der Waals surface area (Å²) >= 11 is 0. The fourth-order valence-electron chi connectivity index (χ4n) is 4.39. The van der Waals surface area contributed by atoms with Gasteiger partial charge in [-0.15, -0.1) is 0 Å². The van der Waals surface area contributed by atoms with Crippen molar-refractivity contribution in [2.45, 2.75) is 38.9 Å². The number of aliphatic hydroxyl groups excluding tert-OH is 1. The summed E-state index contributed by atoms with van der Waals surface area (Å²) in [6.45, 7) is 5.41. The van der Waals surface area contributed by atoms with Crippen LogP contribution in [0.5, 0.6) is 0 Å². The number of esters is 1. The zero-order valence-corrected chi connectivity index (χ0v) is 14.5. The van der Waals surface area contributed by atoms with Gasteiger partial charge in [-0.3, -0.25) is 4.79 Å². The molecule has 2 N–H and O–H groups in total. The van der Waals surface area contributed by atoms with Gasteiger partial charge in [0.05, 0.1) is 11.7 Å². The monoisotopic (exact) mass is 344 g/mol. The van der Waals surface area contributed by atoms with Crippen molar-refractivity contribution in [1.82, 2.24) is 10.2 Å². The normalized spacial score (nSPS) is 23.4.